The van der Waals surface area contributed by atoms with Gasteiger partial charge in [0.1, 0.15) is 0 Å². The molecule has 1 N–H and O–H groups in total. The predicted octanol–water partition coefficient (Wildman–Crippen LogP) is 4.06. The summed E-state index contributed by atoms with van der Waals surface area (Å²) in [5.41, 5.74) is 1.76. The Balaban J connectivity index is 2.61. The van der Waals surface area contributed by atoms with Crippen molar-refractivity contribution in [3.8, 4) is 0 Å². The van der Waals surface area contributed by atoms with E-state index >= 15 is 0 Å². The van der Waals surface area contributed by atoms with Crippen molar-refractivity contribution in [3.63, 3.8) is 0 Å². The molecule has 108 valence electrons. The maximum absolute atomic E-state index is 4.09. The summed E-state index contributed by atoms with van der Waals surface area (Å²) in [4.78, 5) is 4.09. The molecule has 0 spiro atoms. The third-order valence-corrected chi connectivity index (χ3v) is 4.03. The van der Waals surface area contributed by atoms with Gasteiger partial charge in [-0.1, -0.05) is 34.6 Å². The van der Waals surface area contributed by atoms with Gasteiger partial charge < -0.3 is 5.32 Å². The Morgan fingerprint density at radius 3 is 2.37 bits per heavy atom. The highest BCUT2D eigenvalue weighted by atomic mass is 14.9. The molecule has 0 amide bonds. The molecule has 1 aromatic rings. The molecule has 2 atom stereocenters. The van der Waals surface area contributed by atoms with Crippen molar-refractivity contribution in [1.29, 1.82) is 0 Å². The standard InChI is InChI=1S/C17H30N2/c1-6-9-19-16(12-14(2)17(3,4)5)13-15-7-10-18-11-8-15/h7-8,10-11,14,16,19H,6,9,12-13H2,1-5H3. The summed E-state index contributed by atoms with van der Waals surface area (Å²) in [7, 11) is 0. The third-order valence-electron chi connectivity index (χ3n) is 4.03. The third kappa shape index (κ3) is 6.20. The smallest absolute Gasteiger partial charge is 0.0270 e. The quantitative estimate of drug-likeness (QED) is 0.801. The Kier molecular flexibility index (Phi) is 6.50. The minimum Gasteiger partial charge on any atom is -0.314 e. The second kappa shape index (κ2) is 7.64. The maximum Gasteiger partial charge on any atom is 0.0270 e. The van der Waals surface area contributed by atoms with E-state index in [1.807, 2.05) is 12.4 Å². The number of aromatic nitrogens is 1. The molecule has 0 aromatic carbocycles. The number of pyridine rings is 1. The summed E-state index contributed by atoms with van der Waals surface area (Å²) in [6, 6.07) is 4.82. The lowest BCUT2D eigenvalue weighted by Gasteiger charge is -2.31. The van der Waals surface area contributed by atoms with Crippen LogP contribution in [0.25, 0.3) is 0 Å². The fourth-order valence-corrected chi connectivity index (χ4v) is 2.17. The molecule has 0 aliphatic heterocycles. The van der Waals surface area contributed by atoms with E-state index in [4.69, 9.17) is 0 Å². The minimum atomic E-state index is 0.379. The van der Waals surface area contributed by atoms with Crippen LogP contribution in [0.2, 0.25) is 0 Å². The molecule has 1 rings (SSSR count). The lowest BCUT2D eigenvalue weighted by atomic mass is 9.78. The van der Waals surface area contributed by atoms with Gasteiger partial charge in [-0.15, -0.1) is 0 Å². The van der Waals surface area contributed by atoms with Crippen LogP contribution in [0.1, 0.15) is 53.0 Å². The molecule has 0 bridgehead atoms. The lowest BCUT2D eigenvalue weighted by Crippen LogP contribution is -2.35. The average Bonchev–Trinajstić information content (AvgIpc) is 2.36. The number of nitrogens with one attached hydrogen (secondary N) is 1. The summed E-state index contributed by atoms with van der Waals surface area (Å²) >= 11 is 0. The highest BCUT2D eigenvalue weighted by Gasteiger charge is 2.23. The lowest BCUT2D eigenvalue weighted by molar-refractivity contribution is 0.222. The van der Waals surface area contributed by atoms with E-state index in [9.17, 15) is 0 Å². The summed E-state index contributed by atoms with van der Waals surface area (Å²) in [5.74, 6) is 0.712. The van der Waals surface area contributed by atoms with Crippen molar-refractivity contribution in [3.05, 3.63) is 30.1 Å². The van der Waals surface area contributed by atoms with Gasteiger partial charge in [-0.05, 0) is 54.8 Å². The topological polar surface area (TPSA) is 24.9 Å². The summed E-state index contributed by atoms with van der Waals surface area (Å²) in [5, 5.41) is 3.70. The molecule has 1 aromatic heterocycles. The zero-order valence-electron chi connectivity index (χ0n) is 13.2. The molecule has 2 nitrogen and oxygen atoms in total. The Labute approximate surface area is 119 Å². The van der Waals surface area contributed by atoms with Crippen LogP contribution in [-0.2, 0) is 6.42 Å². The summed E-state index contributed by atoms with van der Waals surface area (Å²) < 4.78 is 0. The van der Waals surface area contributed by atoms with Gasteiger partial charge >= 0.3 is 0 Å². The molecule has 0 saturated heterocycles. The Hall–Kier alpha value is -0.890. The Morgan fingerprint density at radius 1 is 1.21 bits per heavy atom. The molecule has 0 aliphatic rings. The molecule has 19 heavy (non-hydrogen) atoms. The first-order valence-electron chi connectivity index (χ1n) is 7.55. The highest BCUT2D eigenvalue weighted by molar-refractivity contribution is 5.11. The zero-order valence-corrected chi connectivity index (χ0v) is 13.2. The highest BCUT2D eigenvalue weighted by Crippen LogP contribution is 2.29. The Bertz CT molecular complexity index is 340. The van der Waals surface area contributed by atoms with Crippen LogP contribution in [0.5, 0.6) is 0 Å². The van der Waals surface area contributed by atoms with Crippen molar-refractivity contribution in [1.82, 2.24) is 10.3 Å². The van der Waals surface area contributed by atoms with Crippen LogP contribution in [0.4, 0.5) is 0 Å². The monoisotopic (exact) mass is 262 g/mol. The van der Waals surface area contributed by atoms with Gasteiger partial charge in [-0.2, -0.15) is 0 Å². The van der Waals surface area contributed by atoms with E-state index in [-0.39, 0.29) is 0 Å². The SMILES string of the molecule is CCCNC(Cc1ccncc1)CC(C)C(C)(C)C. The van der Waals surface area contributed by atoms with Gasteiger partial charge in [-0.3, -0.25) is 4.98 Å². The van der Waals surface area contributed by atoms with Crippen molar-refractivity contribution in [2.45, 2.75) is 59.9 Å². The molecule has 0 saturated carbocycles. The van der Waals surface area contributed by atoms with Gasteiger partial charge in [0.2, 0.25) is 0 Å². The molecule has 1 heterocycles. The molecule has 0 aliphatic carbocycles. The summed E-state index contributed by atoms with van der Waals surface area (Å²) in [6.07, 6.45) is 7.30. The van der Waals surface area contributed by atoms with Crippen molar-refractivity contribution < 1.29 is 0 Å². The maximum atomic E-state index is 4.09. The van der Waals surface area contributed by atoms with Gasteiger partial charge in [-0.25, -0.2) is 0 Å². The number of nitrogens with zero attached hydrogens (tertiary/aromatic N) is 1. The molecule has 2 unspecified atom stereocenters. The van der Waals surface area contributed by atoms with E-state index in [1.54, 1.807) is 0 Å². The molecule has 2 heteroatoms. The van der Waals surface area contributed by atoms with Crippen LogP contribution in [-0.4, -0.2) is 17.6 Å². The average molecular weight is 262 g/mol. The van der Waals surface area contributed by atoms with E-state index in [2.05, 4.69) is 57.1 Å². The van der Waals surface area contributed by atoms with Crippen molar-refractivity contribution in [2.24, 2.45) is 11.3 Å². The minimum absolute atomic E-state index is 0.379. The zero-order chi connectivity index (χ0) is 14.3. The second-order valence-corrected chi connectivity index (χ2v) is 6.71. The van der Waals surface area contributed by atoms with Crippen LogP contribution in [0.15, 0.2) is 24.5 Å². The second-order valence-electron chi connectivity index (χ2n) is 6.71. The van der Waals surface area contributed by atoms with Crippen LogP contribution < -0.4 is 5.32 Å². The van der Waals surface area contributed by atoms with Crippen molar-refractivity contribution >= 4 is 0 Å². The normalized spacial score (nSPS) is 15.2. The van der Waals surface area contributed by atoms with Crippen molar-refractivity contribution in [2.75, 3.05) is 6.54 Å². The van der Waals surface area contributed by atoms with E-state index in [0.717, 1.165) is 13.0 Å². The van der Waals surface area contributed by atoms with E-state index in [1.165, 1.54) is 18.4 Å². The number of hydrogen-bond donors (Lipinski definition) is 1. The van der Waals surface area contributed by atoms with Crippen LogP contribution in [0.3, 0.4) is 0 Å². The van der Waals surface area contributed by atoms with E-state index < -0.39 is 0 Å². The van der Waals surface area contributed by atoms with Gasteiger partial charge in [0, 0.05) is 18.4 Å². The number of rotatable bonds is 7. The molecule has 0 fully saturated rings. The fraction of sp³-hybridized carbons (Fsp3) is 0.706. The largest absolute Gasteiger partial charge is 0.314 e. The molecular formula is C17H30N2. The fourth-order valence-electron chi connectivity index (χ4n) is 2.17. The first-order valence-corrected chi connectivity index (χ1v) is 7.55. The first kappa shape index (κ1) is 16.2. The van der Waals surface area contributed by atoms with Crippen LogP contribution >= 0.6 is 0 Å². The van der Waals surface area contributed by atoms with E-state index in [0.29, 0.717) is 17.4 Å². The van der Waals surface area contributed by atoms with Gasteiger partial charge in [0.15, 0.2) is 0 Å². The predicted molar refractivity (Wildman–Crippen MR) is 83.3 cm³/mol. The first-order chi connectivity index (χ1) is 8.93. The summed E-state index contributed by atoms with van der Waals surface area (Å²) in [6.45, 7) is 12.7. The van der Waals surface area contributed by atoms with Gasteiger partial charge in [0.05, 0.1) is 0 Å². The number of hydrogen-bond acceptors (Lipinski definition) is 2. The van der Waals surface area contributed by atoms with Gasteiger partial charge in [0.25, 0.3) is 0 Å². The molecular weight excluding hydrogens is 232 g/mol. The Morgan fingerprint density at radius 2 is 1.84 bits per heavy atom. The molecule has 0 radical (unpaired) electrons. The van der Waals surface area contributed by atoms with Crippen LogP contribution in [0, 0.1) is 11.3 Å².